The second kappa shape index (κ2) is 4.56. The maximum atomic E-state index is 11.2. The Morgan fingerprint density at radius 3 is 3.17 bits per heavy atom. The molecule has 1 aromatic heterocycles. The van der Waals surface area contributed by atoms with Gasteiger partial charge >= 0.3 is 6.01 Å². The van der Waals surface area contributed by atoms with E-state index < -0.39 is 0 Å². The molecule has 0 radical (unpaired) electrons. The molecule has 3 rings (SSSR count). The predicted octanol–water partition coefficient (Wildman–Crippen LogP) is 0.0157. The zero-order valence-electron chi connectivity index (χ0n) is 9.85. The van der Waals surface area contributed by atoms with Crippen molar-refractivity contribution < 1.29 is 14.6 Å². The predicted molar refractivity (Wildman–Crippen MR) is 65.8 cm³/mol. The van der Waals surface area contributed by atoms with E-state index in [0.29, 0.717) is 6.01 Å². The van der Waals surface area contributed by atoms with Crippen molar-refractivity contribution in [1.29, 1.82) is 0 Å². The van der Waals surface area contributed by atoms with Crippen LogP contribution in [-0.4, -0.2) is 44.5 Å². The number of hydrogen-bond donors (Lipinski definition) is 1. The molecular weight excluding hydrogens is 256 g/mol. The molecule has 0 unspecified atom stereocenters. The van der Waals surface area contributed by atoms with Crippen LogP contribution in [0.5, 0.6) is 6.01 Å². The normalized spacial score (nSPS) is 33.0. The number of thioether (sulfide) groups is 1. The number of aliphatic hydroxyl groups excluding tert-OH is 1. The standard InChI is InChI=1S/C11H14N2O4S/c1-2-18-9-6(5-14)16-10-8(9)17-11-12-7(15)3-4-13(10)11/h3-4,6,8-10,14H,2,5H2,1H3/t6-,8+,9+,10-/m1/s1. The van der Waals surface area contributed by atoms with E-state index in [0.717, 1.165) is 5.75 Å². The number of aliphatic hydroxyl groups is 1. The molecule has 98 valence electrons. The molecule has 7 heteroatoms. The topological polar surface area (TPSA) is 73.6 Å². The van der Waals surface area contributed by atoms with E-state index in [4.69, 9.17) is 9.47 Å². The summed E-state index contributed by atoms with van der Waals surface area (Å²) in [5.41, 5.74) is -0.320. The van der Waals surface area contributed by atoms with E-state index in [1.54, 1.807) is 22.5 Å². The highest BCUT2D eigenvalue weighted by Gasteiger charge is 2.51. The molecule has 0 bridgehead atoms. The molecule has 1 saturated heterocycles. The molecule has 2 aliphatic rings. The van der Waals surface area contributed by atoms with Crippen LogP contribution in [0.2, 0.25) is 0 Å². The zero-order chi connectivity index (χ0) is 12.7. The first-order valence-electron chi connectivity index (χ1n) is 5.88. The van der Waals surface area contributed by atoms with Gasteiger partial charge in [0.05, 0.1) is 18.0 Å². The minimum Gasteiger partial charge on any atom is -0.455 e. The number of rotatable bonds is 3. The van der Waals surface area contributed by atoms with Crippen LogP contribution < -0.4 is 10.3 Å². The molecule has 0 amide bonds. The van der Waals surface area contributed by atoms with Crippen molar-refractivity contribution in [3.8, 4) is 6.01 Å². The Kier molecular flexibility index (Phi) is 3.04. The average Bonchev–Trinajstić information content (AvgIpc) is 2.86. The molecule has 1 N–H and O–H groups in total. The summed E-state index contributed by atoms with van der Waals surface area (Å²) < 4.78 is 13.2. The monoisotopic (exact) mass is 270 g/mol. The number of ether oxygens (including phenoxy) is 2. The molecule has 2 aliphatic heterocycles. The summed E-state index contributed by atoms with van der Waals surface area (Å²) in [6.45, 7) is 2.02. The Hall–Kier alpha value is -1.05. The zero-order valence-corrected chi connectivity index (χ0v) is 10.7. The van der Waals surface area contributed by atoms with Crippen molar-refractivity contribution in [1.82, 2.24) is 9.55 Å². The highest BCUT2D eigenvalue weighted by Crippen LogP contribution is 2.43. The Morgan fingerprint density at radius 1 is 1.61 bits per heavy atom. The quantitative estimate of drug-likeness (QED) is 0.834. The summed E-state index contributed by atoms with van der Waals surface area (Å²) in [6, 6.07) is 1.68. The minimum atomic E-state index is -0.320. The van der Waals surface area contributed by atoms with Gasteiger partial charge in [0, 0.05) is 12.3 Å². The van der Waals surface area contributed by atoms with E-state index in [1.165, 1.54) is 6.07 Å². The van der Waals surface area contributed by atoms with E-state index >= 15 is 0 Å². The molecular formula is C11H14N2O4S. The molecule has 0 aliphatic carbocycles. The van der Waals surface area contributed by atoms with Crippen LogP contribution in [-0.2, 0) is 4.74 Å². The highest BCUT2D eigenvalue weighted by atomic mass is 32.2. The molecule has 1 aromatic rings. The fourth-order valence-corrected chi connectivity index (χ4v) is 3.53. The lowest BCUT2D eigenvalue weighted by atomic mass is 10.2. The maximum absolute atomic E-state index is 11.2. The average molecular weight is 270 g/mol. The summed E-state index contributed by atoms with van der Waals surface area (Å²) in [5.74, 6) is 0.915. The van der Waals surface area contributed by atoms with Crippen LogP contribution in [0.1, 0.15) is 13.2 Å². The van der Waals surface area contributed by atoms with Crippen LogP contribution >= 0.6 is 11.8 Å². The number of aromatic nitrogens is 2. The second-order valence-electron chi connectivity index (χ2n) is 4.21. The minimum absolute atomic E-state index is 0.0308. The second-order valence-corrected chi connectivity index (χ2v) is 5.66. The Bertz CT molecular complexity index is 506. The summed E-state index contributed by atoms with van der Waals surface area (Å²) in [6.07, 6.45) is 0.899. The van der Waals surface area contributed by atoms with Gasteiger partial charge in [0.2, 0.25) is 0 Å². The summed E-state index contributed by atoms with van der Waals surface area (Å²) >= 11 is 1.69. The third kappa shape index (κ3) is 1.73. The first kappa shape index (κ1) is 12.0. The molecule has 6 nitrogen and oxygen atoms in total. The highest BCUT2D eigenvalue weighted by molar-refractivity contribution is 8.00. The van der Waals surface area contributed by atoms with Crippen LogP contribution in [0, 0.1) is 0 Å². The van der Waals surface area contributed by atoms with Crippen LogP contribution in [0.15, 0.2) is 17.1 Å². The van der Waals surface area contributed by atoms with Gasteiger partial charge in [-0.1, -0.05) is 6.92 Å². The van der Waals surface area contributed by atoms with Gasteiger partial charge in [-0.25, -0.2) is 0 Å². The smallest absolute Gasteiger partial charge is 0.302 e. The number of nitrogens with zero attached hydrogens (tertiary/aromatic N) is 2. The summed E-state index contributed by atoms with van der Waals surface area (Å²) in [5, 5.41) is 9.40. The largest absolute Gasteiger partial charge is 0.455 e. The van der Waals surface area contributed by atoms with Gasteiger partial charge in [-0.2, -0.15) is 16.7 Å². The third-order valence-corrected chi connectivity index (χ3v) is 4.43. The van der Waals surface area contributed by atoms with E-state index in [9.17, 15) is 9.90 Å². The number of fused-ring (bicyclic) bond motifs is 3. The van der Waals surface area contributed by atoms with E-state index in [1.807, 2.05) is 0 Å². The lowest BCUT2D eigenvalue weighted by molar-refractivity contribution is -0.0251. The summed E-state index contributed by atoms with van der Waals surface area (Å²) in [7, 11) is 0. The third-order valence-electron chi connectivity index (χ3n) is 3.14. The molecule has 1 fully saturated rings. The van der Waals surface area contributed by atoms with Crippen LogP contribution in [0.25, 0.3) is 0 Å². The fraction of sp³-hybridized carbons (Fsp3) is 0.636. The van der Waals surface area contributed by atoms with Crippen molar-refractivity contribution in [2.45, 2.75) is 30.6 Å². The van der Waals surface area contributed by atoms with Crippen LogP contribution in [0.4, 0.5) is 0 Å². The molecule has 0 saturated carbocycles. The van der Waals surface area contributed by atoms with Gasteiger partial charge in [0.15, 0.2) is 12.3 Å². The van der Waals surface area contributed by atoms with Gasteiger partial charge in [0.25, 0.3) is 5.56 Å². The first-order chi connectivity index (χ1) is 8.74. The summed E-state index contributed by atoms with van der Waals surface area (Å²) in [4.78, 5) is 15.0. The first-order valence-corrected chi connectivity index (χ1v) is 6.93. The lowest BCUT2D eigenvalue weighted by Crippen LogP contribution is -2.32. The molecule has 0 aromatic carbocycles. The van der Waals surface area contributed by atoms with Gasteiger partial charge in [-0.3, -0.25) is 9.36 Å². The lowest BCUT2D eigenvalue weighted by Gasteiger charge is -2.18. The number of hydrogen-bond acceptors (Lipinski definition) is 6. The van der Waals surface area contributed by atoms with Crippen molar-refractivity contribution in [3.05, 3.63) is 22.6 Å². The van der Waals surface area contributed by atoms with Crippen molar-refractivity contribution in [2.24, 2.45) is 0 Å². The Morgan fingerprint density at radius 2 is 2.44 bits per heavy atom. The molecule has 18 heavy (non-hydrogen) atoms. The van der Waals surface area contributed by atoms with Crippen molar-refractivity contribution >= 4 is 11.8 Å². The van der Waals surface area contributed by atoms with Crippen molar-refractivity contribution in [2.75, 3.05) is 12.4 Å². The van der Waals surface area contributed by atoms with Gasteiger partial charge in [-0.05, 0) is 5.75 Å². The fourth-order valence-electron chi connectivity index (χ4n) is 2.40. The van der Waals surface area contributed by atoms with E-state index in [2.05, 4.69) is 11.9 Å². The SMILES string of the molecule is CCS[C@@H]1[C@@H]2Oc3nc(=O)ccn3[C@@H]2O[C@@H]1CO. The van der Waals surface area contributed by atoms with Gasteiger partial charge in [-0.15, -0.1) is 0 Å². The van der Waals surface area contributed by atoms with Gasteiger partial charge < -0.3 is 14.6 Å². The van der Waals surface area contributed by atoms with Crippen LogP contribution in [0.3, 0.4) is 0 Å². The van der Waals surface area contributed by atoms with Gasteiger partial charge in [0.1, 0.15) is 0 Å². The Labute approximate surface area is 108 Å². The van der Waals surface area contributed by atoms with E-state index in [-0.39, 0.29) is 35.9 Å². The molecule has 0 spiro atoms. The maximum Gasteiger partial charge on any atom is 0.302 e. The molecule has 4 atom stereocenters. The molecule has 3 heterocycles. The van der Waals surface area contributed by atoms with Crippen molar-refractivity contribution in [3.63, 3.8) is 0 Å². The Balaban J connectivity index is 1.92.